The molecule has 2 N–H and O–H groups in total. The number of nitrogens with one attached hydrogen (secondary N) is 2. The number of carbonyl (C=O) groups excluding carboxylic acids is 1. The van der Waals surface area contributed by atoms with Gasteiger partial charge in [-0.25, -0.2) is 4.68 Å². The first-order valence-electron chi connectivity index (χ1n) is 11.5. The Morgan fingerprint density at radius 1 is 1.13 bits per heavy atom. The molecular formula is C26H23N7O5. The van der Waals surface area contributed by atoms with Crippen LogP contribution in [-0.2, 0) is 4.79 Å². The second-order valence-corrected chi connectivity index (χ2v) is 8.38. The van der Waals surface area contributed by atoms with Crippen LogP contribution in [0.4, 0.5) is 17.3 Å². The van der Waals surface area contributed by atoms with Gasteiger partial charge in [0, 0.05) is 41.2 Å². The molecule has 2 aromatic heterocycles. The molecular weight excluding hydrogens is 490 g/mol. The zero-order chi connectivity index (χ0) is 26.8. The molecule has 38 heavy (non-hydrogen) atoms. The molecule has 192 valence electrons. The van der Waals surface area contributed by atoms with Gasteiger partial charge in [0.25, 0.3) is 11.6 Å². The number of allylic oxidation sites excluding steroid dienone is 1. The van der Waals surface area contributed by atoms with Crippen molar-refractivity contribution in [3.05, 3.63) is 93.9 Å². The van der Waals surface area contributed by atoms with Crippen LogP contribution in [0.2, 0.25) is 0 Å². The quantitative estimate of drug-likeness (QED) is 0.274. The number of hydrogen-bond donors (Lipinski definition) is 2. The standard InChI is InChI=1S/C26H23N7O5/c1-15-22(25(34)29-17-5-4-12-27-14-17)23(20-11-10-19(37-2)13-21(20)38-3)32-26(28-15)30-24(31-32)16-6-8-18(9-7-16)33(35)36/h4-14,23H,1-3H3,(H,29,34)(H,28,30,31). The Morgan fingerprint density at radius 3 is 2.58 bits per heavy atom. The molecule has 1 aliphatic heterocycles. The lowest BCUT2D eigenvalue weighted by atomic mass is 9.94. The van der Waals surface area contributed by atoms with Crippen LogP contribution in [0.3, 0.4) is 0 Å². The number of nitro groups is 1. The first-order chi connectivity index (χ1) is 18.4. The minimum atomic E-state index is -0.719. The van der Waals surface area contributed by atoms with Crippen molar-refractivity contribution in [2.24, 2.45) is 0 Å². The van der Waals surface area contributed by atoms with E-state index in [9.17, 15) is 14.9 Å². The zero-order valence-corrected chi connectivity index (χ0v) is 20.7. The topological polar surface area (TPSA) is 146 Å². The molecule has 5 rings (SSSR count). The molecule has 1 aliphatic rings. The largest absolute Gasteiger partial charge is 0.497 e. The molecule has 0 saturated carbocycles. The van der Waals surface area contributed by atoms with E-state index in [1.807, 2.05) is 6.07 Å². The summed E-state index contributed by atoms with van der Waals surface area (Å²) in [5, 5.41) is 21.9. The summed E-state index contributed by atoms with van der Waals surface area (Å²) in [4.78, 5) is 32.9. The van der Waals surface area contributed by atoms with Crippen LogP contribution >= 0.6 is 0 Å². The van der Waals surface area contributed by atoms with E-state index in [-0.39, 0.29) is 11.6 Å². The highest BCUT2D eigenvalue weighted by Crippen LogP contribution is 2.41. The van der Waals surface area contributed by atoms with Crippen LogP contribution in [0.15, 0.2) is 78.3 Å². The van der Waals surface area contributed by atoms with Gasteiger partial charge in [0.1, 0.15) is 17.5 Å². The molecule has 12 nitrogen and oxygen atoms in total. The highest BCUT2D eigenvalue weighted by molar-refractivity contribution is 6.06. The monoisotopic (exact) mass is 513 g/mol. The van der Waals surface area contributed by atoms with Crippen LogP contribution in [0, 0.1) is 10.1 Å². The fourth-order valence-electron chi connectivity index (χ4n) is 4.27. The van der Waals surface area contributed by atoms with Crippen LogP contribution in [0.25, 0.3) is 11.4 Å². The number of anilines is 2. The molecule has 0 saturated heterocycles. The summed E-state index contributed by atoms with van der Waals surface area (Å²) in [7, 11) is 3.09. The predicted octanol–water partition coefficient (Wildman–Crippen LogP) is 4.19. The van der Waals surface area contributed by atoms with Crippen molar-refractivity contribution in [3.8, 4) is 22.9 Å². The van der Waals surface area contributed by atoms with Gasteiger partial charge in [-0.1, -0.05) is 0 Å². The maximum atomic E-state index is 13.6. The van der Waals surface area contributed by atoms with Crippen molar-refractivity contribution in [3.63, 3.8) is 0 Å². The van der Waals surface area contributed by atoms with E-state index in [2.05, 4.69) is 20.6 Å². The number of nitrogens with zero attached hydrogens (tertiary/aromatic N) is 5. The number of carbonyl (C=O) groups is 1. The predicted molar refractivity (Wildman–Crippen MR) is 139 cm³/mol. The smallest absolute Gasteiger partial charge is 0.269 e. The third kappa shape index (κ3) is 4.50. The van der Waals surface area contributed by atoms with Crippen LogP contribution in [0.1, 0.15) is 18.5 Å². The lowest BCUT2D eigenvalue weighted by molar-refractivity contribution is -0.384. The van der Waals surface area contributed by atoms with E-state index >= 15 is 0 Å². The zero-order valence-electron chi connectivity index (χ0n) is 20.7. The minimum absolute atomic E-state index is 0.0384. The second kappa shape index (κ2) is 10.0. The van der Waals surface area contributed by atoms with E-state index in [0.717, 1.165) is 0 Å². The van der Waals surface area contributed by atoms with Crippen LogP contribution in [0.5, 0.6) is 11.5 Å². The second-order valence-electron chi connectivity index (χ2n) is 8.38. The molecule has 0 spiro atoms. The minimum Gasteiger partial charge on any atom is -0.497 e. The Morgan fingerprint density at radius 2 is 1.92 bits per heavy atom. The first-order valence-corrected chi connectivity index (χ1v) is 11.5. The van der Waals surface area contributed by atoms with E-state index in [4.69, 9.17) is 14.6 Å². The summed E-state index contributed by atoms with van der Waals surface area (Å²) in [6, 6.07) is 14.0. The highest BCUT2D eigenvalue weighted by atomic mass is 16.6. The Kier molecular flexibility index (Phi) is 6.44. The number of pyridine rings is 1. The van der Waals surface area contributed by atoms with E-state index < -0.39 is 11.0 Å². The Bertz CT molecular complexity index is 1550. The Balaban J connectivity index is 1.63. The van der Waals surface area contributed by atoms with Gasteiger partial charge in [-0.3, -0.25) is 19.9 Å². The molecule has 12 heteroatoms. The summed E-state index contributed by atoms with van der Waals surface area (Å²) < 4.78 is 12.6. The number of aromatic nitrogens is 4. The van der Waals surface area contributed by atoms with Crippen molar-refractivity contribution in [2.75, 3.05) is 24.9 Å². The van der Waals surface area contributed by atoms with Gasteiger partial charge in [0.05, 0.1) is 36.6 Å². The van der Waals surface area contributed by atoms with Crippen molar-refractivity contribution < 1.29 is 19.2 Å². The van der Waals surface area contributed by atoms with Crippen LogP contribution in [-0.4, -0.2) is 44.8 Å². The number of nitro benzene ring substituents is 1. The summed E-state index contributed by atoms with van der Waals surface area (Å²) in [6.07, 6.45) is 3.18. The van der Waals surface area contributed by atoms with Gasteiger partial charge in [0.15, 0.2) is 5.82 Å². The number of ether oxygens (including phenoxy) is 2. The van der Waals surface area contributed by atoms with Gasteiger partial charge in [-0.15, -0.1) is 5.10 Å². The third-order valence-corrected chi connectivity index (χ3v) is 6.09. The summed E-state index contributed by atoms with van der Waals surface area (Å²) in [5.74, 6) is 1.46. The first kappa shape index (κ1) is 24.4. The Hall–Kier alpha value is -5.26. The maximum Gasteiger partial charge on any atom is 0.269 e. The molecule has 0 fully saturated rings. The van der Waals surface area contributed by atoms with Crippen molar-refractivity contribution >= 4 is 23.2 Å². The average molecular weight is 514 g/mol. The molecule has 0 bridgehead atoms. The highest BCUT2D eigenvalue weighted by Gasteiger charge is 2.36. The molecule has 1 atom stereocenters. The van der Waals surface area contributed by atoms with Gasteiger partial charge in [-0.05, 0) is 43.3 Å². The number of amides is 1. The average Bonchev–Trinajstić information content (AvgIpc) is 3.36. The number of fused-ring (bicyclic) bond motifs is 1. The fraction of sp³-hybridized carbons (Fsp3) is 0.154. The SMILES string of the molecule is COc1ccc(C2C(C(=O)Nc3cccnc3)=C(C)Nc3nc(-c4ccc([N+](=O)[O-])cc4)nn32)c(OC)c1. The summed E-state index contributed by atoms with van der Waals surface area (Å²) in [5.41, 5.74) is 2.71. The van der Waals surface area contributed by atoms with Gasteiger partial charge < -0.3 is 20.1 Å². The van der Waals surface area contributed by atoms with Crippen molar-refractivity contribution in [1.29, 1.82) is 0 Å². The van der Waals surface area contributed by atoms with Gasteiger partial charge in [0.2, 0.25) is 5.95 Å². The molecule has 0 radical (unpaired) electrons. The molecule has 3 heterocycles. The molecule has 2 aromatic carbocycles. The number of non-ortho nitro benzene ring substituents is 1. The van der Waals surface area contributed by atoms with E-state index in [0.29, 0.717) is 51.4 Å². The lowest BCUT2D eigenvalue weighted by Crippen LogP contribution is -2.31. The fourth-order valence-corrected chi connectivity index (χ4v) is 4.27. The van der Waals surface area contributed by atoms with Crippen molar-refractivity contribution in [2.45, 2.75) is 13.0 Å². The molecule has 1 amide bonds. The molecule has 1 unspecified atom stereocenters. The molecule has 0 aliphatic carbocycles. The lowest BCUT2D eigenvalue weighted by Gasteiger charge is -2.29. The number of rotatable bonds is 7. The van der Waals surface area contributed by atoms with E-state index in [1.54, 1.807) is 67.5 Å². The third-order valence-electron chi connectivity index (χ3n) is 6.09. The van der Waals surface area contributed by atoms with Crippen LogP contribution < -0.4 is 20.1 Å². The normalized spacial score (nSPS) is 14.3. The van der Waals surface area contributed by atoms with Gasteiger partial charge >= 0.3 is 0 Å². The number of benzene rings is 2. The van der Waals surface area contributed by atoms with E-state index in [1.165, 1.54) is 19.2 Å². The van der Waals surface area contributed by atoms with Crippen molar-refractivity contribution in [1.82, 2.24) is 19.7 Å². The number of hydrogen-bond acceptors (Lipinski definition) is 9. The number of methoxy groups -OCH3 is 2. The summed E-state index contributed by atoms with van der Waals surface area (Å²) in [6.45, 7) is 1.78. The summed E-state index contributed by atoms with van der Waals surface area (Å²) >= 11 is 0. The Labute approximate surface area is 217 Å². The molecule has 4 aromatic rings. The van der Waals surface area contributed by atoms with Gasteiger partial charge in [-0.2, -0.15) is 4.98 Å². The maximum absolute atomic E-state index is 13.6.